The van der Waals surface area contributed by atoms with Gasteiger partial charge in [0.1, 0.15) is 0 Å². The van der Waals surface area contributed by atoms with Crippen molar-refractivity contribution in [1.29, 1.82) is 0 Å². The highest BCUT2D eigenvalue weighted by Gasteiger charge is 2.21. The van der Waals surface area contributed by atoms with Crippen LogP contribution in [0, 0.1) is 20.8 Å². The molecule has 0 spiro atoms. The van der Waals surface area contributed by atoms with Crippen LogP contribution < -0.4 is 10.6 Å². The topological polar surface area (TPSA) is 71.8 Å². The number of rotatable bonds is 4. The van der Waals surface area contributed by atoms with Gasteiger partial charge in [-0.15, -0.1) is 0 Å². The van der Waals surface area contributed by atoms with Crippen molar-refractivity contribution in [2.24, 2.45) is 7.05 Å². The van der Waals surface area contributed by atoms with Crippen LogP contribution in [0.2, 0.25) is 0 Å². The van der Waals surface area contributed by atoms with Gasteiger partial charge < -0.3 is 5.32 Å². The zero-order valence-corrected chi connectivity index (χ0v) is 15.5. The number of aromatic nitrogens is 3. The summed E-state index contributed by atoms with van der Waals surface area (Å²) < 4.78 is 1.67. The van der Waals surface area contributed by atoms with Crippen molar-refractivity contribution in [2.75, 3.05) is 18.4 Å². The maximum absolute atomic E-state index is 12.5. The molecule has 1 amide bonds. The van der Waals surface area contributed by atoms with Crippen molar-refractivity contribution in [2.45, 2.75) is 46.0 Å². The van der Waals surface area contributed by atoms with Crippen molar-refractivity contribution in [3.8, 4) is 0 Å². The Kier molecular flexibility index (Phi) is 5.18. The number of anilines is 1. The molecular weight excluding hydrogens is 314 g/mol. The number of carbonyl (C=O) groups is 1. The zero-order chi connectivity index (χ0) is 18.0. The molecule has 1 saturated heterocycles. The first-order valence-electron chi connectivity index (χ1n) is 8.92. The molecule has 0 unspecified atom stereocenters. The third kappa shape index (κ3) is 4.07. The minimum absolute atomic E-state index is 0.0533. The fraction of sp³-hybridized carbons (Fsp3) is 0.526. The summed E-state index contributed by atoms with van der Waals surface area (Å²) in [7, 11) is 1.83. The molecule has 2 N–H and O–H groups in total. The number of piperidine rings is 1. The van der Waals surface area contributed by atoms with Crippen molar-refractivity contribution in [1.82, 2.24) is 20.1 Å². The normalized spacial score (nSPS) is 15.4. The van der Waals surface area contributed by atoms with Crippen LogP contribution in [0.25, 0.3) is 0 Å². The van der Waals surface area contributed by atoms with Gasteiger partial charge in [-0.05, 0) is 63.4 Å². The number of hydrogen-bond donors (Lipinski definition) is 2. The lowest BCUT2D eigenvalue weighted by atomic mass is 9.97. The summed E-state index contributed by atoms with van der Waals surface area (Å²) in [5, 5.41) is 10.8. The van der Waals surface area contributed by atoms with Crippen molar-refractivity contribution in [3.05, 3.63) is 40.2 Å². The summed E-state index contributed by atoms with van der Waals surface area (Å²) in [5.41, 5.74) is 4.62. The minimum Gasteiger partial charge on any atom is -0.317 e. The summed E-state index contributed by atoms with van der Waals surface area (Å²) in [5.74, 6) is 1.69. The number of carbonyl (C=O) groups excluding carboxylic acids is 1. The van der Waals surface area contributed by atoms with E-state index in [1.165, 1.54) is 5.56 Å². The molecule has 0 aliphatic carbocycles. The average molecular weight is 341 g/mol. The summed E-state index contributed by atoms with van der Waals surface area (Å²) in [6, 6.07) is 4.24. The Labute approximate surface area is 149 Å². The highest BCUT2D eigenvalue weighted by Crippen LogP contribution is 2.23. The van der Waals surface area contributed by atoms with Crippen molar-refractivity contribution in [3.63, 3.8) is 0 Å². The van der Waals surface area contributed by atoms with Crippen LogP contribution in [0.15, 0.2) is 12.1 Å². The monoisotopic (exact) mass is 341 g/mol. The van der Waals surface area contributed by atoms with Crippen LogP contribution in [0.1, 0.15) is 46.8 Å². The van der Waals surface area contributed by atoms with E-state index in [2.05, 4.69) is 53.6 Å². The molecule has 2 heterocycles. The van der Waals surface area contributed by atoms with Gasteiger partial charge in [0.05, 0.1) is 6.42 Å². The fourth-order valence-corrected chi connectivity index (χ4v) is 3.58. The molecule has 2 aromatic rings. The summed E-state index contributed by atoms with van der Waals surface area (Å²) in [6.07, 6.45) is 2.44. The first kappa shape index (κ1) is 17.6. The Hall–Kier alpha value is -2.21. The van der Waals surface area contributed by atoms with Gasteiger partial charge in [0, 0.05) is 13.0 Å². The molecule has 0 atom stereocenters. The predicted octanol–water partition coefficient (Wildman–Crippen LogP) is 2.39. The second-order valence-corrected chi connectivity index (χ2v) is 7.04. The van der Waals surface area contributed by atoms with E-state index >= 15 is 0 Å². The molecule has 25 heavy (non-hydrogen) atoms. The zero-order valence-electron chi connectivity index (χ0n) is 15.5. The largest absolute Gasteiger partial charge is 0.317 e. The average Bonchev–Trinajstić information content (AvgIpc) is 2.92. The third-order valence-corrected chi connectivity index (χ3v) is 4.91. The first-order valence-corrected chi connectivity index (χ1v) is 8.92. The van der Waals surface area contributed by atoms with E-state index in [-0.39, 0.29) is 5.91 Å². The van der Waals surface area contributed by atoms with Gasteiger partial charge in [0.15, 0.2) is 5.82 Å². The van der Waals surface area contributed by atoms with E-state index < -0.39 is 0 Å². The minimum atomic E-state index is -0.0533. The number of nitrogens with one attached hydrogen (secondary N) is 2. The van der Waals surface area contributed by atoms with E-state index in [9.17, 15) is 4.79 Å². The maximum Gasteiger partial charge on any atom is 0.231 e. The molecule has 1 fully saturated rings. The number of aryl methyl sites for hydroxylation is 4. The number of benzene rings is 1. The standard InChI is InChI=1S/C19H27N5O/c1-12-9-13(2)16(14(3)10-12)11-17(25)21-19-22-18(23-24(19)4)15-5-7-20-8-6-15/h9-10,15,20H,5-8,11H2,1-4H3,(H,21,22,23,25). The second-order valence-electron chi connectivity index (χ2n) is 7.04. The lowest BCUT2D eigenvalue weighted by Crippen LogP contribution is -2.27. The Bertz CT molecular complexity index is 751. The Balaban J connectivity index is 1.70. The van der Waals surface area contributed by atoms with E-state index in [0.717, 1.165) is 48.4 Å². The van der Waals surface area contributed by atoms with Crippen LogP contribution in [0.3, 0.4) is 0 Å². The number of amides is 1. The lowest BCUT2D eigenvalue weighted by molar-refractivity contribution is -0.115. The molecule has 1 aromatic carbocycles. The number of hydrogen-bond acceptors (Lipinski definition) is 4. The summed E-state index contributed by atoms with van der Waals surface area (Å²) >= 11 is 0. The van der Waals surface area contributed by atoms with Gasteiger partial charge in [-0.25, -0.2) is 4.68 Å². The van der Waals surface area contributed by atoms with Gasteiger partial charge in [-0.2, -0.15) is 10.1 Å². The first-order chi connectivity index (χ1) is 11.9. The molecule has 0 saturated carbocycles. The molecule has 1 aliphatic heterocycles. The Morgan fingerprint density at radius 2 is 1.88 bits per heavy atom. The third-order valence-electron chi connectivity index (χ3n) is 4.91. The molecule has 6 nitrogen and oxygen atoms in total. The molecule has 1 aliphatic rings. The smallest absolute Gasteiger partial charge is 0.231 e. The highest BCUT2D eigenvalue weighted by atomic mass is 16.1. The van der Waals surface area contributed by atoms with Crippen LogP contribution in [0.5, 0.6) is 0 Å². The molecule has 3 rings (SSSR count). The van der Waals surface area contributed by atoms with Gasteiger partial charge >= 0.3 is 0 Å². The fourth-order valence-electron chi connectivity index (χ4n) is 3.58. The molecular formula is C19H27N5O. The van der Waals surface area contributed by atoms with E-state index in [1.807, 2.05) is 7.05 Å². The molecule has 0 bridgehead atoms. The number of nitrogens with zero attached hydrogens (tertiary/aromatic N) is 3. The summed E-state index contributed by atoms with van der Waals surface area (Å²) in [4.78, 5) is 17.1. The summed E-state index contributed by atoms with van der Waals surface area (Å²) in [6.45, 7) is 8.18. The van der Waals surface area contributed by atoms with E-state index in [4.69, 9.17) is 0 Å². The van der Waals surface area contributed by atoms with Crippen molar-refractivity contribution >= 4 is 11.9 Å². The van der Waals surface area contributed by atoms with Crippen molar-refractivity contribution < 1.29 is 4.79 Å². The lowest BCUT2D eigenvalue weighted by Gasteiger charge is -2.19. The maximum atomic E-state index is 12.5. The van der Waals surface area contributed by atoms with E-state index in [1.54, 1.807) is 4.68 Å². The van der Waals surface area contributed by atoms with Gasteiger partial charge in [0.25, 0.3) is 0 Å². The van der Waals surface area contributed by atoms with Gasteiger partial charge in [0.2, 0.25) is 11.9 Å². The van der Waals surface area contributed by atoms with Gasteiger partial charge in [-0.3, -0.25) is 10.1 Å². The molecule has 1 aromatic heterocycles. The van der Waals surface area contributed by atoms with E-state index in [0.29, 0.717) is 18.3 Å². The molecule has 134 valence electrons. The van der Waals surface area contributed by atoms with Crippen LogP contribution in [0.4, 0.5) is 5.95 Å². The van der Waals surface area contributed by atoms with Crippen LogP contribution in [-0.2, 0) is 18.3 Å². The Morgan fingerprint density at radius 3 is 2.52 bits per heavy atom. The highest BCUT2D eigenvalue weighted by molar-refractivity contribution is 5.91. The predicted molar refractivity (Wildman–Crippen MR) is 98.8 cm³/mol. The van der Waals surface area contributed by atoms with Crippen LogP contribution in [-0.4, -0.2) is 33.8 Å². The Morgan fingerprint density at radius 1 is 1.24 bits per heavy atom. The SMILES string of the molecule is Cc1cc(C)c(CC(=O)Nc2nc(C3CCNCC3)nn2C)c(C)c1. The van der Waals surface area contributed by atoms with Gasteiger partial charge in [-0.1, -0.05) is 17.7 Å². The second kappa shape index (κ2) is 7.35. The molecule has 6 heteroatoms. The van der Waals surface area contributed by atoms with Crippen LogP contribution >= 0.6 is 0 Å². The quantitative estimate of drug-likeness (QED) is 0.896. The molecule has 0 radical (unpaired) electrons.